The molecule has 0 unspecified atom stereocenters. The van der Waals surface area contributed by atoms with Crippen LogP contribution in [0.25, 0.3) is 0 Å². The molecule has 3 rings (SSSR count). The van der Waals surface area contributed by atoms with Crippen LogP contribution in [0.4, 0.5) is 0 Å². The topological polar surface area (TPSA) is 59.9 Å². The van der Waals surface area contributed by atoms with Crippen molar-refractivity contribution in [1.82, 2.24) is 5.43 Å². The van der Waals surface area contributed by atoms with Gasteiger partial charge in [0.15, 0.2) is 11.5 Å². The van der Waals surface area contributed by atoms with Gasteiger partial charge in [-0.05, 0) is 79.1 Å². The van der Waals surface area contributed by atoms with E-state index in [0.717, 1.165) is 33.2 Å². The summed E-state index contributed by atoms with van der Waals surface area (Å²) in [5.74, 6) is 1.90. The SMILES string of the molecule is CCCOc1ccc(/C=N/NC(=O)c2ccc(CSc3ccc(Cl)cc3)cc2)cc1OCC. The fourth-order valence-electron chi connectivity index (χ4n) is 2.88. The van der Waals surface area contributed by atoms with Crippen LogP contribution in [0.3, 0.4) is 0 Å². The molecule has 3 aromatic carbocycles. The second kappa shape index (κ2) is 12.9. The van der Waals surface area contributed by atoms with Crippen LogP contribution >= 0.6 is 23.4 Å². The Labute approximate surface area is 204 Å². The molecule has 7 heteroatoms. The van der Waals surface area contributed by atoms with E-state index in [1.165, 1.54) is 0 Å². The largest absolute Gasteiger partial charge is 0.490 e. The average molecular weight is 483 g/mol. The molecule has 0 aliphatic heterocycles. The van der Waals surface area contributed by atoms with Crippen molar-refractivity contribution in [3.05, 3.63) is 88.4 Å². The van der Waals surface area contributed by atoms with Crippen LogP contribution in [-0.4, -0.2) is 25.3 Å². The van der Waals surface area contributed by atoms with Gasteiger partial charge >= 0.3 is 0 Å². The number of nitrogens with zero attached hydrogens (tertiary/aromatic N) is 1. The molecule has 33 heavy (non-hydrogen) atoms. The van der Waals surface area contributed by atoms with Gasteiger partial charge in [-0.25, -0.2) is 5.43 Å². The molecule has 0 spiro atoms. The highest BCUT2D eigenvalue weighted by atomic mass is 35.5. The van der Waals surface area contributed by atoms with E-state index in [2.05, 4.69) is 17.5 Å². The van der Waals surface area contributed by atoms with E-state index >= 15 is 0 Å². The van der Waals surface area contributed by atoms with Crippen molar-refractivity contribution in [2.75, 3.05) is 13.2 Å². The summed E-state index contributed by atoms with van der Waals surface area (Å²) in [5.41, 5.74) is 5.05. The summed E-state index contributed by atoms with van der Waals surface area (Å²) in [6.07, 6.45) is 2.50. The number of hydrogen-bond donors (Lipinski definition) is 1. The van der Waals surface area contributed by atoms with Crippen LogP contribution < -0.4 is 14.9 Å². The molecular formula is C26H27ClN2O3S. The monoisotopic (exact) mass is 482 g/mol. The number of thioether (sulfide) groups is 1. The van der Waals surface area contributed by atoms with Crippen LogP contribution in [0.15, 0.2) is 76.7 Å². The Kier molecular flexibility index (Phi) is 9.66. The molecule has 0 saturated carbocycles. The molecule has 172 valence electrons. The Morgan fingerprint density at radius 3 is 2.45 bits per heavy atom. The van der Waals surface area contributed by atoms with Crippen molar-refractivity contribution >= 4 is 35.5 Å². The molecule has 5 nitrogen and oxygen atoms in total. The Morgan fingerprint density at radius 2 is 1.76 bits per heavy atom. The number of halogens is 1. The van der Waals surface area contributed by atoms with Crippen LogP contribution in [0.5, 0.6) is 11.5 Å². The van der Waals surface area contributed by atoms with Gasteiger partial charge in [-0.3, -0.25) is 4.79 Å². The molecule has 0 saturated heterocycles. The summed E-state index contributed by atoms with van der Waals surface area (Å²) in [7, 11) is 0. The average Bonchev–Trinajstić information content (AvgIpc) is 2.83. The maximum Gasteiger partial charge on any atom is 0.271 e. The number of hydrogen-bond acceptors (Lipinski definition) is 5. The van der Waals surface area contributed by atoms with Crippen molar-refractivity contribution in [2.45, 2.75) is 30.9 Å². The van der Waals surface area contributed by atoms with E-state index in [0.29, 0.717) is 30.3 Å². The van der Waals surface area contributed by atoms with Gasteiger partial charge in [-0.2, -0.15) is 5.10 Å². The van der Waals surface area contributed by atoms with Crippen LogP contribution in [-0.2, 0) is 5.75 Å². The van der Waals surface area contributed by atoms with Crippen LogP contribution in [0, 0.1) is 0 Å². The summed E-state index contributed by atoms with van der Waals surface area (Å²) in [6, 6.07) is 20.8. The summed E-state index contributed by atoms with van der Waals surface area (Å²) >= 11 is 7.64. The van der Waals surface area contributed by atoms with E-state index in [1.54, 1.807) is 30.1 Å². The van der Waals surface area contributed by atoms with E-state index in [1.807, 2.05) is 61.5 Å². The van der Waals surface area contributed by atoms with Gasteiger partial charge in [-0.15, -0.1) is 11.8 Å². The zero-order chi connectivity index (χ0) is 23.5. The zero-order valence-electron chi connectivity index (χ0n) is 18.7. The minimum absolute atomic E-state index is 0.268. The fraction of sp³-hybridized carbons (Fsp3) is 0.231. The number of hydrazone groups is 1. The third-order valence-corrected chi connectivity index (χ3v) is 5.88. The summed E-state index contributed by atoms with van der Waals surface area (Å²) in [5, 5.41) is 4.81. The molecule has 0 fully saturated rings. The first-order chi connectivity index (χ1) is 16.1. The Balaban J connectivity index is 1.54. The van der Waals surface area contributed by atoms with Gasteiger partial charge in [0, 0.05) is 21.2 Å². The molecule has 1 amide bonds. The molecule has 1 N–H and O–H groups in total. The smallest absolute Gasteiger partial charge is 0.271 e. The highest BCUT2D eigenvalue weighted by Crippen LogP contribution is 2.28. The quantitative estimate of drug-likeness (QED) is 0.190. The highest BCUT2D eigenvalue weighted by Gasteiger charge is 2.07. The van der Waals surface area contributed by atoms with Gasteiger partial charge in [0.25, 0.3) is 5.91 Å². The van der Waals surface area contributed by atoms with E-state index < -0.39 is 0 Å². The number of benzene rings is 3. The number of rotatable bonds is 11. The first-order valence-electron chi connectivity index (χ1n) is 10.8. The van der Waals surface area contributed by atoms with E-state index in [4.69, 9.17) is 21.1 Å². The van der Waals surface area contributed by atoms with Crippen molar-refractivity contribution in [3.8, 4) is 11.5 Å². The van der Waals surface area contributed by atoms with Crippen molar-refractivity contribution in [1.29, 1.82) is 0 Å². The first-order valence-corrected chi connectivity index (χ1v) is 12.2. The van der Waals surface area contributed by atoms with Crippen molar-refractivity contribution < 1.29 is 14.3 Å². The Morgan fingerprint density at radius 1 is 1.00 bits per heavy atom. The van der Waals surface area contributed by atoms with Crippen molar-refractivity contribution in [3.63, 3.8) is 0 Å². The van der Waals surface area contributed by atoms with Gasteiger partial charge in [-0.1, -0.05) is 30.7 Å². The molecule has 0 radical (unpaired) electrons. The fourth-order valence-corrected chi connectivity index (χ4v) is 3.86. The minimum atomic E-state index is -0.268. The molecule has 0 heterocycles. The van der Waals surface area contributed by atoms with E-state index in [-0.39, 0.29) is 5.91 Å². The second-order valence-corrected chi connectivity index (χ2v) is 8.61. The maximum atomic E-state index is 12.4. The Bertz CT molecular complexity index is 1070. The van der Waals surface area contributed by atoms with Gasteiger partial charge in [0.2, 0.25) is 0 Å². The number of carbonyl (C=O) groups is 1. The Hall–Kier alpha value is -2.96. The number of nitrogens with one attached hydrogen (secondary N) is 1. The third kappa shape index (κ3) is 7.84. The van der Waals surface area contributed by atoms with E-state index in [9.17, 15) is 4.79 Å². The third-order valence-electron chi connectivity index (χ3n) is 4.54. The summed E-state index contributed by atoms with van der Waals surface area (Å²) in [6.45, 7) is 5.14. The molecule has 0 bridgehead atoms. The summed E-state index contributed by atoms with van der Waals surface area (Å²) < 4.78 is 11.4. The molecule has 0 atom stereocenters. The van der Waals surface area contributed by atoms with Gasteiger partial charge in [0.05, 0.1) is 19.4 Å². The zero-order valence-corrected chi connectivity index (χ0v) is 20.3. The molecule has 3 aromatic rings. The van der Waals surface area contributed by atoms with Gasteiger partial charge in [0.1, 0.15) is 0 Å². The number of carbonyl (C=O) groups excluding carboxylic acids is 1. The lowest BCUT2D eigenvalue weighted by Gasteiger charge is -2.11. The van der Waals surface area contributed by atoms with Crippen LogP contribution in [0.2, 0.25) is 5.02 Å². The predicted octanol–water partition coefficient (Wildman–Crippen LogP) is 6.58. The lowest BCUT2D eigenvalue weighted by molar-refractivity contribution is 0.0955. The number of ether oxygens (including phenoxy) is 2. The molecule has 0 aromatic heterocycles. The lowest BCUT2D eigenvalue weighted by Crippen LogP contribution is -2.17. The predicted molar refractivity (Wildman–Crippen MR) is 136 cm³/mol. The highest BCUT2D eigenvalue weighted by molar-refractivity contribution is 7.98. The van der Waals surface area contributed by atoms with Gasteiger partial charge < -0.3 is 9.47 Å². The number of amides is 1. The molecule has 0 aliphatic rings. The normalized spacial score (nSPS) is 10.9. The second-order valence-electron chi connectivity index (χ2n) is 7.13. The summed E-state index contributed by atoms with van der Waals surface area (Å²) in [4.78, 5) is 13.6. The van der Waals surface area contributed by atoms with Crippen molar-refractivity contribution in [2.24, 2.45) is 5.10 Å². The minimum Gasteiger partial charge on any atom is -0.490 e. The maximum absolute atomic E-state index is 12.4. The first kappa shape index (κ1) is 24.7. The lowest BCUT2D eigenvalue weighted by atomic mass is 10.1. The molecule has 0 aliphatic carbocycles. The van der Waals surface area contributed by atoms with Crippen LogP contribution in [0.1, 0.15) is 41.8 Å². The standard InChI is InChI=1S/C26H27ClN2O3S/c1-3-15-32-24-14-7-20(16-25(24)31-4-2)17-28-29-26(30)21-8-5-19(6-9-21)18-33-23-12-10-22(27)11-13-23/h5-14,16-17H,3-4,15,18H2,1-2H3,(H,29,30)/b28-17+. The molecular weight excluding hydrogens is 456 g/mol.